The number of aliphatic hydroxyl groups excluding tert-OH is 1. The summed E-state index contributed by atoms with van der Waals surface area (Å²) in [7, 11) is -9.90. The number of hydrogen-bond donors (Lipinski definition) is 3. The molecule has 5 atom stereocenters. The summed E-state index contributed by atoms with van der Waals surface area (Å²) < 4.78 is 68.4. The molecule has 0 aliphatic rings. The van der Waals surface area contributed by atoms with Crippen molar-refractivity contribution in [3.05, 3.63) is 0 Å². The molecule has 0 rings (SSSR count). The van der Waals surface area contributed by atoms with Gasteiger partial charge in [0.25, 0.3) is 0 Å². The molecule has 0 aromatic heterocycles. The van der Waals surface area contributed by atoms with Crippen LogP contribution in [0.3, 0.4) is 0 Å². The second-order valence-corrected chi connectivity index (χ2v) is 30.5. The van der Waals surface area contributed by atoms with Crippen molar-refractivity contribution in [3.63, 3.8) is 0 Å². The molecule has 0 amide bonds. The fraction of sp³-hybridized carbons (Fsp3) is 0.946. The molecule has 0 saturated carbocycles. The van der Waals surface area contributed by atoms with E-state index in [4.69, 9.17) is 37.0 Å². The van der Waals surface area contributed by atoms with Crippen molar-refractivity contribution in [2.75, 3.05) is 39.6 Å². The largest absolute Gasteiger partial charge is 0.472 e. The van der Waals surface area contributed by atoms with Gasteiger partial charge in [0.05, 0.1) is 26.4 Å². The van der Waals surface area contributed by atoms with Gasteiger partial charge in [0.1, 0.15) is 19.3 Å². The third kappa shape index (κ3) is 68.4. The maximum Gasteiger partial charge on any atom is 0.472 e. The molecule has 0 heterocycles. The minimum absolute atomic E-state index is 0.106. The number of esters is 4. The summed E-state index contributed by atoms with van der Waals surface area (Å²) in [6.07, 6.45) is 52.8. The number of carbonyl (C=O) groups excluding carboxylic acids is 4. The molecule has 0 aliphatic carbocycles. The maximum atomic E-state index is 13.1. The van der Waals surface area contributed by atoms with Gasteiger partial charge in [0.15, 0.2) is 12.2 Å². The number of rotatable bonds is 73. The Morgan fingerprint density at radius 3 is 0.731 bits per heavy atom. The van der Waals surface area contributed by atoms with Crippen LogP contribution in [-0.4, -0.2) is 96.7 Å². The SMILES string of the molecule is CCCCCCCCCCCCCCCCCCCC(=O)O[C@H](COC(=O)CCCCCCCCCCCCCCC(C)C)COP(=O)(O)OC[C@@H](O)COP(=O)(O)OC[C@@H](COC(=O)CCCCCCCCC)OC(=O)CCCCCCCCCCCCCC(C)C. The first-order chi connectivity index (χ1) is 44.9. The molecule has 19 heteroatoms. The van der Waals surface area contributed by atoms with Crippen LogP contribution in [0.5, 0.6) is 0 Å². The van der Waals surface area contributed by atoms with Gasteiger partial charge in [-0.15, -0.1) is 0 Å². The normalized spacial score (nSPS) is 14.1. The summed E-state index contributed by atoms with van der Waals surface area (Å²) in [5.41, 5.74) is 0. The number of hydrogen-bond acceptors (Lipinski definition) is 15. The van der Waals surface area contributed by atoms with Crippen molar-refractivity contribution >= 4 is 39.5 Å². The number of phosphoric ester groups is 2. The third-order valence-electron chi connectivity index (χ3n) is 17.2. The van der Waals surface area contributed by atoms with Crippen LogP contribution in [0, 0.1) is 11.8 Å². The lowest BCUT2D eigenvalue weighted by molar-refractivity contribution is -0.161. The highest BCUT2D eigenvalue weighted by molar-refractivity contribution is 7.47. The summed E-state index contributed by atoms with van der Waals surface area (Å²) in [6, 6.07) is 0. The van der Waals surface area contributed by atoms with Gasteiger partial charge in [0.2, 0.25) is 0 Å². The third-order valence-corrected chi connectivity index (χ3v) is 19.1. The van der Waals surface area contributed by atoms with Crippen LogP contribution in [0.15, 0.2) is 0 Å². The maximum absolute atomic E-state index is 13.1. The van der Waals surface area contributed by atoms with Gasteiger partial charge in [-0.3, -0.25) is 37.3 Å². The Balaban J connectivity index is 5.20. The highest BCUT2D eigenvalue weighted by Gasteiger charge is 2.30. The molecular formula is C74H144O17P2. The van der Waals surface area contributed by atoms with Crippen LogP contribution >= 0.6 is 15.6 Å². The van der Waals surface area contributed by atoms with E-state index in [1.807, 2.05) is 0 Å². The van der Waals surface area contributed by atoms with E-state index in [1.165, 1.54) is 186 Å². The Hall–Kier alpha value is -1.94. The van der Waals surface area contributed by atoms with Crippen molar-refractivity contribution in [2.24, 2.45) is 11.8 Å². The Morgan fingerprint density at radius 1 is 0.290 bits per heavy atom. The second kappa shape index (κ2) is 66.0. The van der Waals surface area contributed by atoms with Crippen LogP contribution in [0.4, 0.5) is 0 Å². The fourth-order valence-corrected chi connectivity index (χ4v) is 12.9. The first-order valence-electron chi connectivity index (χ1n) is 38.5. The first-order valence-corrected chi connectivity index (χ1v) is 41.5. The molecule has 0 fully saturated rings. The minimum Gasteiger partial charge on any atom is -0.462 e. The van der Waals surface area contributed by atoms with Crippen molar-refractivity contribution < 1.29 is 80.2 Å². The highest BCUT2D eigenvalue weighted by atomic mass is 31.2. The summed E-state index contributed by atoms with van der Waals surface area (Å²) in [4.78, 5) is 72.6. The minimum atomic E-state index is -4.95. The standard InChI is InChI=1S/C74H144O17P2/c1-7-9-11-13-15-16-17-18-19-20-21-22-29-34-40-46-52-58-73(78)91-70(63-85-72(77)57-51-45-39-33-28-24-23-26-31-37-42-48-54-66(3)4)65-89-93(82,83)87-61-68(75)60-86-92(80,81)88-64-69(62-84-71(76)56-50-44-36-14-12-10-8-2)90-74(79)59-53-47-41-35-30-25-27-32-38-43-49-55-67(5)6/h66-70,75H,7-65H2,1-6H3,(H,80,81)(H,82,83)/t68-,69+,70+/m0/s1. The van der Waals surface area contributed by atoms with Crippen LogP contribution in [0.2, 0.25) is 0 Å². The van der Waals surface area contributed by atoms with Gasteiger partial charge < -0.3 is 33.8 Å². The van der Waals surface area contributed by atoms with Gasteiger partial charge in [-0.05, 0) is 37.5 Å². The molecule has 0 saturated heterocycles. The van der Waals surface area contributed by atoms with Crippen molar-refractivity contribution in [1.82, 2.24) is 0 Å². The zero-order valence-electron chi connectivity index (χ0n) is 60.6. The monoisotopic (exact) mass is 1370 g/mol. The smallest absolute Gasteiger partial charge is 0.462 e. The summed E-state index contributed by atoms with van der Waals surface area (Å²) in [5, 5.41) is 10.6. The van der Waals surface area contributed by atoms with Gasteiger partial charge in [-0.25, -0.2) is 9.13 Å². The summed E-state index contributed by atoms with van der Waals surface area (Å²) in [6.45, 7) is 9.56. The topological polar surface area (TPSA) is 237 Å². The molecule has 93 heavy (non-hydrogen) atoms. The van der Waals surface area contributed by atoms with E-state index in [0.717, 1.165) is 115 Å². The summed E-state index contributed by atoms with van der Waals surface area (Å²) >= 11 is 0. The average Bonchev–Trinajstić information content (AvgIpc) is 1.60. The predicted molar refractivity (Wildman–Crippen MR) is 377 cm³/mol. The molecule has 0 bridgehead atoms. The van der Waals surface area contributed by atoms with E-state index in [-0.39, 0.29) is 25.7 Å². The lowest BCUT2D eigenvalue weighted by atomic mass is 10.0. The molecule has 0 aliphatic heterocycles. The van der Waals surface area contributed by atoms with Crippen LogP contribution < -0.4 is 0 Å². The molecule has 0 spiro atoms. The number of aliphatic hydroxyl groups is 1. The molecule has 2 unspecified atom stereocenters. The Kier molecular flexibility index (Phi) is 64.6. The number of unbranched alkanes of at least 4 members (excludes halogenated alkanes) is 43. The molecule has 0 radical (unpaired) electrons. The quantitative estimate of drug-likeness (QED) is 0.0222. The van der Waals surface area contributed by atoms with E-state index in [2.05, 4.69) is 41.5 Å². The van der Waals surface area contributed by atoms with Gasteiger partial charge >= 0.3 is 39.5 Å². The van der Waals surface area contributed by atoms with E-state index >= 15 is 0 Å². The molecule has 552 valence electrons. The number of ether oxygens (including phenoxy) is 4. The van der Waals surface area contributed by atoms with Crippen LogP contribution in [0.25, 0.3) is 0 Å². The van der Waals surface area contributed by atoms with Crippen molar-refractivity contribution in [2.45, 2.75) is 400 Å². The van der Waals surface area contributed by atoms with Crippen LogP contribution in [-0.2, 0) is 65.4 Å². The molecule has 17 nitrogen and oxygen atoms in total. The number of phosphoric acid groups is 2. The molecular weight excluding hydrogens is 1220 g/mol. The Morgan fingerprint density at radius 2 is 0.495 bits per heavy atom. The van der Waals surface area contributed by atoms with Gasteiger partial charge in [0, 0.05) is 25.7 Å². The lowest BCUT2D eigenvalue weighted by Gasteiger charge is -2.21. The van der Waals surface area contributed by atoms with Crippen molar-refractivity contribution in [1.29, 1.82) is 0 Å². The zero-order chi connectivity index (χ0) is 68.6. The van der Waals surface area contributed by atoms with E-state index in [0.29, 0.717) is 25.7 Å². The van der Waals surface area contributed by atoms with E-state index in [1.54, 1.807) is 0 Å². The lowest BCUT2D eigenvalue weighted by Crippen LogP contribution is -2.30. The average molecular weight is 1370 g/mol. The van der Waals surface area contributed by atoms with Crippen molar-refractivity contribution in [3.8, 4) is 0 Å². The molecule has 0 aromatic rings. The molecule has 0 aromatic carbocycles. The van der Waals surface area contributed by atoms with Crippen LogP contribution in [0.1, 0.15) is 382 Å². The van der Waals surface area contributed by atoms with Gasteiger partial charge in [-0.2, -0.15) is 0 Å². The highest BCUT2D eigenvalue weighted by Crippen LogP contribution is 2.45. The summed E-state index contributed by atoms with van der Waals surface area (Å²) in [5.74, 6) is -0.574. The Bertz CT molecular complexity index is 1800. The van der Waals surface area contributed by atoms with Gasteiger partial charge in [-0.1, -0.05) is 330 Å². The fourth-order valence-electron chi connectivity index (χ4n) is 11.3. The van der Waals surface area contributed by atoms with E-state index in [9.17, 15) is 43.2 Å². The Labute approximate surface area is 568 Å². The van der Waals surface area contributed by atoms with E-state index < -0.39 is 97.5 Å². The zero-order valence-corrected chi connectivity index (χ0v) is 62.3. The molecule has 3 N–H and O–H groups in total. The predicted octanol–water partition coefficient (Wildman–Crippen LogP) is 21.6. The first kappa shape index (κ1) is 91.1. The second-order valence-electron chi connectivity index (χ2n) is 27.6. The number of carbonyl (C=O) groups is 4.